The molecule has 0 aliphatic heterocycles. The molecule has 1 aliphatic carbocycles. The van der Waals surface area contributed by atoms with Crippen molar-refractivity contribution in [1.82, 2.24) is 0 Å². The van der Waals surface area contributed by atoms with Crippen LogP contribution in [0, 0.1) is 5.41 Å². The molecular weight excluding hydrogens is 246 g/mol. The molecule has 3 aromatic carbocycles. The van der Waals surface area contributed by atoms with Crippen molar-refractivity contribution in [2.45, 2.75) is 6.42 Å². The molecule has 4 aromatic rings. The van der Waals surface area contributed by atoms with E-state index >= 15 is 0 Å². The van der Waals surface area contributed by atoms with Gasteiger partial charge in [0.05, 0.1) is 5.71 Å². The Hall–Kier alpha value is -2.61. The Kier molecular flexibility index (Phi) is 1.68. The second-order valence-corrected chi connectivity index (χ2v) is 5.39. The molecule has 20 heavy (non-hydrogen) atoms. The van der Waals surface area contributed by atoms with Crippen LogP contribution < -0.4 is 0 Å². The molecule has 0 spiro atoms. The quantitative estimate of drug-likeness (QED) is 0.457. The van der Waals surface area contributed by atoms with Gasteiger partial charge in [-0.05, 0) is 27.6 Å². The lowest BCUT2D eigenvalue weighted by Crippen LogP contribution is -2.15. The second kappa shape index (κ2) is 3.28. The predicted molar refractivity (Wildman–Crippen MR) is 81.8 cm³/mol. The van der Waals surface area contributed by atoms with Crippen molar-refractivity contribution in [3.05, 3.63) is 59.9 Å². The molecule has 0 saturated carbocycles. The molecule has 0 radical (unpaired) electrons. The van der Waals surface area contributed by atoms with Gasteiger partial charge < -0.3 is 9.83 Å². The van der Waals surface area contributed by atoms with Crippen molar-refractivity contribution < 1.29 is 4.42 Å². The maximum absolute atomic E-state index is 7.79. The molecule has 1 heterocycles. The van der Waals surface area contributed by atoms with Gasteiger partial charge in [-0.1, -0.05) is 42.5 Å². The third kappa shape index (κ3) is 1.08. The molecule has 2 nitrogen and oxygen atoms in total. The molecular formula is C18H11NO. The molecule has 0 bridgehead atoms. The third-order valence-corrected chi connectivity index (χ3v) is 4.30. The van der Waals surface area contributed by atoms with Gasteiger partial charge in [0.15, 0.2) is 5.76 Å². The van der Waals surface area contributed by atoms with Gasteiger partial charge in [0.2, 0.25) is 0 Å². The van der Waals surface area contributed by atoms with Crippen LogP contribution in [0.5, 0.6) is 0 Å². The van der Waals surface area contributed by atoms with Crippen molar-refractivity contribution >= 4 is 38.2 Å². The number of hydrogen-bond donors (Lipinski definition) is 1. The number of benzene rings is 3. The highest BCUT2D eigenvalue weighted by molar-refractivity contribution is 6.22. The van der Waals surface area contributed by atoms with Gasteiger partial charge in [0, 0.05) is 17.4 Å². The lowest BCUT2D eigenvalue weighted by Gasteiger charge is -2.12. The third-order valence-electron chi connectivity index (χ3n) is 4.30. The van der Waals surface area contributed by atoms with Gasteiger partial charge in [-0.25, -0.2) is 0 Å². The zero-order valence-corrected chi connectivity index (χ0v) is 10.7. The van der Waals surface area contributed by atoms with Crippen molar-refractivity contribution in [3.63, 3.8) is 0 Å². The van der Waals surface area contributed by atoms with Gasteiger partial charge in [0.25, 0.3) is 0 Å². The summed E-state index contributed by atoms with van der Waals surface area (Å²) in [6.07, 6.45) is 0.730. The second-order valence-electron chi connectivity index (χ2n) is 5.39. The van der Waals surface area contributed by atoms with E-state index in [1.165, 1.54) is 32.5 Å². The average molecular weight is 257 g/mol. The summed E-state index contributed by atoms with van der Waals surface area (Å²) < 4.78 is 5.79. The Morgan fingerprint density at radius 2 is 1.70 bits per heavy atom. The highest BCUT2D eigenvalue weighted by Crippen LogP contribution is 2.39. The zero-order valence-electron chi connectivity index (χ0n) is 10.7. The lowest BCUT2D eigenvalue weighted by molar-refractivity contribution is 0.589. The first kappa shape index (κ1) is 10.2. The summed E-state index contributed by atoms with van der Waals surface area (Å²) in [4.78, 5) is 0. The molecule has 1 aromatic heterocycles. The van der Waals surface area contributed by atoms with Gasteiger partial charge in [-0.3, -0.25) is 0 Å². The van der Waals surface area contributed by atoms with Crippen LogP contribution in [0.25, 0.3) is 32.5 Å². The maximum Gasteiger partial charge on any atom is 0.152 e. The van der Waals surface area contributed by atoms with Crippen LogP contribution in [0.2, 0.25) is 0 Å². The highest BCUT2D eigenvalue weighted by atomic mass is 16.3. The monoisotopic (exact) mass is 257 g/mol. The number of fused-ring (bicyclic) bond motifs is 7. The fourth-order valence-electron chi connectivity index (χ4n) is 3.31. The van der Waals surface area contributed by atoms with E-state index in [1.807, 2.05) is 6.07 Å². The molecule has 2 heteroatoms. The Morgan fingerprint density at radius 3 is 2.60 bits per heavy atom. The smallest absolute Gasteiger partial charge is 0.152 e. The minimum Gasteiger partial charge on any atom is -0.454 e. The molecule has 94 valence electrons. The minimum absolute atomic E-state index is 0.616. The number of hydrogen-bond acceptors (Lipinski definition) is 2. The van der Waals surface area contributed by atoms with E-state index in [1.54, 1.807) is 0 Å². The van der Waals surface area contributed by atoms with E-state index < -0.39 is 0 Å². The van der Waals surface area contributed by atoms with Crippen molar-refractivity contribution in [3.8, 4) is 0 Å². The molecule has 0 amide bonds. The van der Waals surface area contributed by atoms with Gasteiger partial charge in [0.1, 0.15) is 5.58 Å². The molecule has 5 rings (SSSR count). The zero-order chi connectivity index (χ0) is 13.3. The summed E-state index contributed by atoms with van der Waals surface area (Å²) >= 11 is 0. The number of nitrogens with one attached hydrogen (secondary N) is 1. The van der Waals surface area contributed by atoms with E-state index in [9.17, 15) is 0 Å². The van der Waals surface area contributed by atoms with E-state index in [0.29, 0.717) is 5.71 Å². The lowest BCUT2D eigenvalue weighted by atomic mass is 9.89. The van der Waals surface area contributed by atoms with E-state index in [0.717, 1.165) is 17.8 Å². The largest absolute Gasteiger partial charge is 0.454 e. The van der Waals surface area contributed by atoms with Crippen LogP contribution in [0.4, 0.5) is 0 Å². The SMILES string of the molecule is N=C1Cc2c1oc1ccc3c4ccccc4ccc3c21. The summed E-state index contributed by atoms with van der Waals surface area (Å²) in [5, 5.41) is 14.0. The Labute approximate surface area is 115 Å². The number of rotatable bonds is 0. The summed E-state index contributed by atoms with van der Waals surface area (Å²) in [6.45, 7) is 0. The first-order chi connectivity index (χ1) is 9.83. The molecule has 0 atom stereocenters. The summed E-state index contributed by atoms with van der Waals surface area (Å²) in [6, 6.07) is 17.0. The van der Waals surface area contributed by atoms with E-state index in [2.05, 4.69) is 42.5 Å². The highest BCUT2D eigenvalue weighted by Gasteiger charge is 2.28. The van der Waals surface area contributed by atoms with Crippen LogP contribution in [0.1, 0.15) is 11.3 Å². The Bertz CT molecular complexity index is 1040. The van der Waals surface area contributed by atoms with Crippen molar-refractivity contribution in [2.75, 3.05) is 0 Å². The summed E-state index contributed by atoms with van der Waals surface area (Å²) in [5.41, 5.74) is 2.72. The minimum atomic E-state index is 0.616. The standard InChI is InChI=1S/C18H11NO/c19-15-9-14-17-13-6-5-10-3-1-2-4-11(10)12(13)7-8-16(17)20-18(14)15/h1-8,19H,9H2. The molecule has 0 saturated heterocycles. The fraction of sp³-hybridized carbons (Fsp3) is 0.0556. The van der Waals surface area contributed by atoms with Gasteiger partial charge in [-0.15, -0.1) is 0 Å². The summed E-state index contributed by atoms with van der Waals surface area (Å²) in [5.74, 6) is 0.778. The molecule has 1 aliphatic rings. The van der Waals surface area contributed by atoms with Crippen molar-refractivity contribution in [1.29, 1.82) is 5.41 Å². The van der Waals surface area contributed by atoms with Crippen LogP contribution in [0.3, 0.4) is 0 Å². The normalized spacial score (nSPS) is 13.9. The topological polar surface area (TPSA) is 37.0 Å². The average Bonchev–Trinajstić information content (AvgIpc) is 2.80. The molecule has 1 N–H and O–H groups in total. The van der Waals surface area contributed by atoms with Crippen LogP contribution in [-0.2, 0) is 6.42 Å². The first-order valence-corrected chi connectivity index (χ1v) is 6.76. The van der Waals surface area contributed by atoms with E-state index in [4.69, 9.17) is 9.83 Å². The number of furan rings is 1. The van der Waals surface area contributed by atoms with Crippen LogP contribution in [0.15, 0.2) is 52.9 Å². The Morgan fingerprint density at radius 1 is 0.850 bits per heavy atom. The Balaban J connectivity index is 2.05. The van der Waals surface area contributed by atoms with E-state index in [-0.39, 0.29) is 0 Å². The van der Waals surface area contributed by atoms with Crippen LogP contribution in [-0.4, -0.2) is 5.71 Å². The maximum atomic E-state index is 7.79. The molecule has 0 fully saturated rings. The van der Waals surface area contributed by atoms with Crippen molar-refractivity contribution in [2.24, 2.45) is 0 Å². The van der Waals surface area contributed by atoms with Gasteiger partial charge >= 0.3 is 0 Å². The van der Waals surface area contributed by atoms with Gasteiger partial charge in [-0.2, -0.15) is 0 Å². The summed E-state index contributed by atoms with van der Waals surface area (Å²) in [7, 11) is 0. The predicted octanol–water partition coefficient (Wildman–Crippen LogP) is 4.66. The van der Waals surface area contributed by atoms with Crippen LogP contribution >= 0.6 is 0 Å². The fourth-order valence-corrected chi connectivity index (χ4v) is 3.31. The first-order valence-electron chi connectivity index (χ1n) is 6.76. The molecule has 0 unspecified atom stereocenters.